The van der Waals surface area contributed by atoms with Gasteiger partial charge in [0, 0.05) is 24.0 Å². The smallest absolute Gasteiger partial charge is 0.235 e. The first kappa shape index (κ1) is 15.7. The summed E-state index contributed by atoms with van der Waals surface area (Å²) in [5, 5.41) is 10.3. The monoisotopic (exact) mass is 335 g/mol. The van der Waals surface area contributed by atoms with Crippen LogP contribution in [-0.2, 0) is 11.3 Å². The lowest BCUT2D eigenvalue weighted by molar-refractivity contribution is -0.120. The maximum Gasteiger partial charge on any atom is 0.235 e. The van der Waals surface area contributed by atoms with Crippen LogP contribution in [-0.4, -0.2) is 35.1 Å². The van der Waals surface area contributed by atoms with E-state index in [2.05, 4.69) is 15.5 Å². The molecule has 7 nitrogen and oxygen atoms in total. The molecular formula is C15H17N3O4S. The fourth-order valence-corrected chi connectivity index (χ4v) is 2.92. The van der Waals surface area contributed by atoms with Gasteiger partial charge in [0.05, 0.1) is 6.54 Å². The lowest BCUT2D eigenvalue weighted by Crippen LogP contribution is -2.23. The molecule has 0 unspecified atom stereocenters. The summed E-state index contributed by atoms with van der Waals surface area (Å²) in [6, 6.07) is 5.81. The third-order valence-electron chi connectivity index (χ3n) is 3.12. The standard InChI is InChI=1S/C15H17N3O4S/c1-10-17-18-15(22-10)9-16-14(19)4-7-23-11-2-3-12-13(8-11)21-6-5-20-12/h2-3,8H,4-7,9H2,1H3,(H,16,19). The van der Waals surface area contributed by atoms with Crippen molar-refractivity contribution < 1.29 is 18.7 Å². The van der Waals surface area contributed by atoms with E-state index in [4.69, 9.17) is 13.9 Å². The number of nitrogens with zero attached hydrogens (tertiary/aromatic N) is 2. The summed E-state index contributed by atoms with van der Waals surface area (Å²) in [6.45, 7) is 3.12. The van der Waals surface area contributed by atoms with Gasteiger partial charge in [-0.05, 0) is 18.2 Å². The Hall–Kier alpha value is -2.22. The van der Waals surface area contributed by atoms with Crippen LogP contribution in [0.2, 0.25) is 0 Å². The van der Waals surface area contributed by atoms with Crippen LogP contribution < -0.4 is 14.8 Å². The van der Waals surface area contributed by atoms with Gasteiger partial charge in [-0.1, -0.05) is 0 Å². The van der Waals surface area contributed by atoms with Crippen LogP contribution in [0.4, 0.5) is 0 Å². The van der Waals surface area contributed by atoms with Crippen molar-refractivity contribution in [2.45, 2.75) is 24.8 Å². The molecule has 0 fully saturated rings. The van der Waals surface area contributed by atoms with Crippen LogP contribution in [0.1, 0.15) is 18.2 Å². The summed E-state index contributed by atoms with van der Waals surface area (Å²) in [5.74, 6) is 3.06. The van der Waals surface area contributed by atoms with E-state index >= 15 is 0 Å². The Bertz CT molecular complexity index is 689. The molecule has 1 aliphatic heterocycles. The molecule has 23 heavy (non-hydrogen) atoms. The highest BCUT2D eigenvalue weighted by Crippen LogP contribution is 2.34. The Morgan fingerprint density at radius 2 is 2.09 bits per heavy atom. The van der Waals surface area contributed by atoms with Crippen LogP contribution >= 0.6 is 11.8 Å². The van der Waals surface area contributed by atoms with Crippen molar-refractivity contribution in [1.82, 2.24) is 15.5 Å². The highest BCUT2D eigenvalue weighted by molar-refractivity contribution is 7.99. The molecule has 0 bridgehead atoms. The lowest BCUT2D eigenvalue weighted by atomic mass is 10.3. The minimum Gasteiger partial charge on any atom is -0.486 e. The summed E-state index contributed by atoms with van der Waals surface area (Å²) in [4.78, 5) is 12.8. The number of rotatable bonds is 6. The molecule has 1 N–H and O–H groups in total. The number of amides is 1. The number of carbonyl (C=O) groups excluding carboxylic acids is 1. The first-order chi connectivity index (χ1) is 11.2. The van der Waals surface area contributed by atoms with E-state index < -0.39 is 0 Å². The van der Waals surface area contributed by atoms with Gasteiger partial charge in [0.25, 0.3) is 0 Å². The number of hydrogen-bond acceptors (Lipinski definition) is 7. The maximum atomic E-state index is 11.8. The molecule has 122 valence electrons. The van der Waals surface area contributed by atoms with Gasteiger partial charge in [-0.15, -0.1) is 22.0 Å². The van der Waals surface area contributed by atoms with Gasteiger partial charge in [0.2, 0.25) is 17.7 Å². The van der Waals surface area contributed by atoms with Crippen molar-refractivity contribution in [3.8, 4) is 11.5 Å². The fraction of sp³-hybridized carbons (Fsp3) is 0.400. The van der Waals surface area contributed by atoms with Crippen LogP contribution in [0, 0.1) is 6.92 Å². The minimum absolute atomic E-state index is 0.0501. The Morgan fingerprint density at radius 3 is 2.87 bits per heavy atom. The lowest BCUT2D eigenvalue weighted by Gasteiger charge is -2.18. The van der Waals surface area contributed by atoms with Gasteiger partial charge in [0.15, 0.2) is 11.5 Å². The molecule has 0 saturated heterocycles. The number of aryl methyl sites for hydroxylation is 1. The molecule has 1 aromatic carbocycles. The van der Waals surface area contributed by atoms with Gasteiger partial charge in [-0.25, -0.2) is 0 Å². The van der Waals surface area contributed by atoms with Crippen molar-refractivity contribution >= 4 is 17.7 Å². The van der Waals surface area contributed by atoms with Crippen molar-refractivity contribution in [2.75, 3.05) is 19.0 Å². The van der Waals surface area contributed by atoms with Crippen LogP contribution in [0.3, 0.4) is 0 Å². The van der Waals surface area contributed by atoms with Crippen LogP contribution in [0.15, 0.2) is 27.5 Å². The Balaban J connectivity index is 1.41. The van der Waals surface area contributed by atoms with Crippen LogP contribution in [0.5, 0.6) is 11.5 Å². The first-order valence-corrected chi connectivity index (χ1v) is 8.27. The molecule has 3 rings (SSSR count). The van der Waals surface area contributed by atoms with Gasteiger partial charge < -0.3 is 19.2 Å². The zero-order valence-electron chi connectivity index (χ0n) is 12.7. The summed E-state index contributed by atoms with van der Waals surface area (Å²) < 4.78 is 16.2. The third-order valence-corrected chi connectivity index (χ3v) is 4.11. The summed E-state index contributed by atoms with van der Waals surface area (Å²) >= 11 is 1.60. The number of nitrogens with one attached hydrogen (secondary N) is 1. The predicted octanol–water partition coefficient (Wildman–Crippen LogP) is 1.95. The van der Waals surface area contributed by atoms with E-state index in [-0.39, 0.29) is 12.5 Å². The number of hydrogen-bond donors (Lipinski definition) is 1. The largest absolute Gasteiger partial charge is 0.486 e. The van der Waals surface area contributed by atoms with E-state index in [0.29, 0.717) is 37.2 Å². The maximum absolute atomic E-state index is 11.8. The SMILES string of the molecule is Cc1nnc(CNC(=O)CCSc2ccc3c(c2)OCCO3)o1. The molecular weight excluding hydrogens is 318 g/mol. The molecule has 8 heteroatoms. The molecule has 0 aliphatic carbocycles. The van der Waals surface area contributed by atoms with E-state index in [0.717, 1.165) is 16.4 Å². The van der Waals surface area contributed by atoms with Crippen molar-refractivity contribution in [3.05, 3.63) is 30.0 Å². The quantitative estimate of drug-likeness (QED) is 0.807. The zero-order chi connectivity index (χ0) is 16.1. The predicted molar refractivity (Wildman–Crippen MR) is 83.7 cm³/mol. The molecule has 0 atom stereocenters. The van der Waals surface area contributed by atoms with E-state index in [1.807, 2.05) is 18.2 Å². The van der Waals surface area contributed by atoms with Crippen molar-refractivity contribution in [2.24, 2.45) is 0 Å². The second-order valence-electron chi connectivity index (χ2n) is 4.90. The Labute approximate surface area is 137 Å². The van der Waals surface area contributed by atoms with E-state index in [9.17, 15) is 4.79 Å². The molecule has 0 spiro atoms. The normalized spacial score (nSPS) is 12.9. The van der Waals surface area contributed by atoms with Crippen LogP contribution in [0.25, 0.3) is 0 Å². The topological polar surface area (TPSA) is 86.5 Å². The van der Waals surface area contributed by atoms with E-state index in [1.54, 1.807) is 18.7 Å². The molecule has 1 aliphatic rings. The summed E-state index contributed by atoms with van der Waals surface area (Å²) in [6.07, 6.45) is 0.409. The minimum atomic E-state index is -0.0501. The zero-order valence-corrected chi connectivity index (χ0v) is 13.5. The summed E-state index contributed by atoms with van der Waals surface area (Å²) in [7, 11) is 0. The first-order valence-electron chi connectivity index (χ1n) is 7.29. The van der Waals surface area contributed by atoms with Crippen molar-refractivity contribution in [1.29, 1.82) is 0 Å². The molecule has 1 amide bonds. The number of aromatic nitrogens is 2. The molecule has 2 heterocycles. The third kappa shape index (κ3) is 4.38. The number of thioether (sulfide) groups is 1. The second-order valence-corrected chi connectivity index (χ2v) is 6.06. The molecule has 2 aromatic rings. The average Bonchev–Trinajstić information content (AvgIpc) is 2.98. The Kier molecular flexibility index (Phi) is 5.02. The molecule has 0 saturated carbocycles. The molecule has 0 radical (unpaired) electrons. The Morgan fingerprint density at radius 1 is 1.26 bits per heavy atom. The second kappa shape index (κ2) is 7.36. The highest BCUT2D eigenvalue weighted by Gasteiger charge is 2.12. The van der Waals surface area contributed by atoms with Gasteiger partial charge in [-0.2, -0.15) is 0 Å². The average molecular weight is 335 g/mol. The van der Waals surface area contributed by atoms with Gasteiger partial charge in [0.1, 0.15) is 13.2 Å². The fourth-order valence-electron chi connectivity index (χ4n) is 2.05. The highest BCUT2D eigenvalue weighted by atomic mass is 32.2. The number of carbonyl (C=O) groups is 1. The number of ether oxygens (including phenoxy) is 2. The summed E-state index contributed by atoms with van der Waals surface area (Å²) in [5.41, 5.74) is 0. The van der Waals surface area contributed by atoms with Crippen molar-refractivity contribution in [3.63, 3.8) is 0 Å². The van der Waals surface area contributed by atoms with Gasteiger partial charge in [-0.3, -0.25) is 4.79 Å². The number of fused-ring (bicyclic) bond motifs is 1. The van der Waals surface area contributed by atoms with Gasteiger partial charge >= 0.3 is 0 Å². The number of benzene rings is 1. The molecule has 1 aromatic heterocycles. The van der Waals surface area contributed by atoms with E-state index in [1.165, 1.54) is 0 Å².